The second kappa shape index (κ2) is 2.53. The number of sulfonamides is 1. The number of benzene rings is 1. The van der Waals surface area contributed by atoms with E-state index < -0.39 is 10.0 Å². The first-order chi connectivity index (χ1) is 6.12. The molecule has 0 aliphatic carbocycles. The van der Waals surface area contributed by atoms with Crippen molar-refractivity contribution < 1.29 is 8.42 Å². The summed E-state index contributed by atoms with van der Waals surface area (Å²) in [5, 5.41) is 7.24. The van der Waals surface area contributed by atoms with E-state index in [1.807, 2.05) is 0 Å². The summed E-state index contributed by atoms with van der Waals surface area (Å²) < 4.78 is 24.0. The lowest BCUT2D eigenvalue weighted by atomic mass is 10.3. The smallest absolute Gasteiger partial charge is 0.199 e. The molecule has 0 bridgehead atoms. The second-order valence-corrected chi connectivity index (χ2v) is 4.51. The van der Waals surface area contributed by atoms with Crippen molar-refractivity contribution in [3.63, 3.8) is 0 Å². The van der Waals surface area contributed by atoms with Crippen LogP contribution in [0.25, 0.3) is 0 Å². The quantitative estimate of drug-likeness (QED) is 0.629. The van der Waals surface area contributed by atoms with E-state index in [4.69, 9.17) is 0 Å². The first-order valence-electron chi connectivity index (χ1n) is 3.62. The molecule has 0 unspecified atom stereocenters. The van der Waals surface area contributed by atoms with Crippen LogP contribution in [0, 0.1) is 0 Å². The fraction of sp³-hybridized carbons (Fsp3) is 0.143. The summed E-state index contributed by atoms with van der Waals surface area (Å²) in [4.78, 5) is 0.201. The third-order valence-electron chi connectivity index (χ3n) is 1.77. The molecule has 1 aromatic carbocycles. The molecule has 0 spiro atoms. The Morgan fingerprint density at radius 1 is 1.31 bits per heavy atom. The molecule has 0 saturated heterocycles. The fourth-order valence-electron chi connectivity index (χ4n) is 1.06. The molecular weight excluding hydrogens is 190 g/mol. The van der Waals surface area contributed by atoms with Gasteiger partial charge in [0.2, 0.25) is 0 Å². The van der Waals surface area contributed by atoms with E-state index in [0.717, 1.165) is 4.41 Å². The van der Waals surface area contributed by atoms with Crippen LogP contribution in [0.5, 0.6) is 0 Å². The number of rotatable bonds is 0. The molecule has 0 aromatic heterocycles. The van der Waals surface area contributed by atoms with E-state index in [9.17, 15) is 8.42 Å². The van der Waals surface area contributed by atoms with Gasteiger partial charge in [0.25, 0.3) is 10.0 Å². The Kier molecular flexibility index (Phi) is 1.59. The normalized spacial score (nSPS) is 18.4. The van der Waals surface area contributed by atoms with Crippen LogP contribution in [0.1, 0.15) is 0 Å². The highest BCUT2D eigenvalue weighted by Crippen LogP contribution is 2.30. The molecule has 1 heterocycles. The van der Waals surface area contributed by atoms with Gasteiger partial charge in [-0.05, 0) is 12.1 Å². The van der Waals surface area contributed by atoms with E-state index in [1.165, 1.54) is 13.1 Å². The minimum Gasteiger partial charge on any atom is -0.199 e. The minimum atomic E-state index is -3.45. The van der Waals surface area contributed by atoms with E-state index in [1.54, 1.807) is 18.2 Å². The molecule has 1 aliphatic rings. The molecule has 0 fully saturated rings. The van der Waals surface area contributed by atoms with Gasteiger partial charge >= 0.3 is 0 Å². The van der Waals surface area contributed by atoms with Crippen LogP contribution in [0.2, 0.25) is 0 Å². The Morgan fingerprint density at radius 3 is 2.77 bits per heavy atom. The zero-order valence-electron chi connectivity index (χ0n) is 6.88. The third-order valence-corrected chi connectivity index (χ3v) is 3.44. The van der Waals surface area contributed by atoms with Crippen molar-refractivity contribution in [2.45, 2.75) is 4.90 Å². The maximum absolute atomic E-state index is 11.6. The van der Waals surface area contributed by atoms with Crippen molar-refractivity contribution in [2.75, 3.05) is 7.05 Å². The Bertz CT molecular complexity index is 466. The predicted octanol–water partition coefficient (Wildman–Crippen LogP) is 1.32. The number of hydrogen-bond donors (Lipinski definition) is 0. The van der Waals surface area contributed by atoms with Crippen molar-refractivity contribution in [1.82, 2.24) is 4.41 Å². The topological polar surface area (TPSA) is 62.1 Å². The summed E-state index contributed by atoms with van der Waals surface area (Å²) in [5.41, 5.74) is 0.389. The van der Waals surface area contributed by atoms with Crippen LogP contribution in [-0.4, -0.2) is 19.9 Å². The Hall–Kier alpha value is -1.43. The summed E-state index contributed by atoms with van der Waals surface area (Å²) >= 11 is 0. The van der Waals surface area contributed by atoms with Gasteiger partial charge in [0.05, 0.1) is 0 Å². The Balaban J connectivity index is 2.76. The zero-order chi connectivity index (χ0) is 9.47. The lowest BCUT2D eigenvalue weighted by molar-refractivity contribution is 0.462. The number of fused-ring (bicyclic) bond motifs is 1. The monoisotopic (exact) mass is 197 g/mol. The minimum absolute atomic E-state index is 0.201. The van der Waals surface area contributed by atoms with Crippen LogP contribution < -0.4 is 0 Å². The summed E-state index contributed by atoms with van der Waals surface area (Å²) in [7, 11) is -2.09. The van der Waals surface area contributed by atoms with Crippen LogP contribution in [0.3, 0.4) is 0 Å². The molecule has 0 N–H and O–H groups in total. The van der Waals surface area contributed by atoms with Gasteiger partial charge in [0, 0.05) is 7.05 Å². The van der Waals surface area contributed by atoms with Gasteiger partial charge in [0.15, 0.2) is 0 Å². The molecule has 0 amide bonds. The van der Waals surface area contributed by atoms with E-state index in [-0.39, 0.29) is 4.90 Å². The zero-order valence-corrected chi connectivity index (χ0v) is 7.69. The van der Waals surface area contributed by atoms with Crippen LogP contribution in [0.4, 0.5) is 5.69 Å². The molecule has 68 valence electrons. The van der Waals surface area contributed by atoms with Crippen molar-refractivity contribution in [3.05, 3.63) is 24.3 Å². The molecule has 2 rings (SSSR count). The molecule has 0 radical (unpaired) electrons. The highest BCUT2D eigenvalue weighted by Gasteiger charge is 2.26. The molecule has 0 atom stereocenters. The molecule has 13 heavy (non-hydrogen) atoms. The highest BCUT2D eigenvalue weighted by molar-refractivity contribution is 7.89. The molecular formula is C7H7N3O2S. The molecule has 6 heteroatoms. The maximum atomic E-state index is 11.6. The molecule has 0 saturated carbocycles. The average Bonchev–Trinajstić information content (AvgIpc) is 2.13. The van der Waals surface area contributed by atoms with Crippen molar-refractivity contribution in [2.24, 2.45) is 10.3 Å². The SMILES string of the molecule is CN1N=Nc2ccccc2S1(=O)=O. The van der Waals surface area contributed by atoms with Crippen molar-refractivity contribution >= 4 is 15.7 Å². The van der Waals surface area contributed by atoms with E-state index >= 15 is 0 Å². The van der Waals surface area contributed by atoms with Crippen LogP contribution in [-0.2, 0) is 10.0 Å². The van der Waals surface area contributed by atoms with Crippen LogP contribution in [0.15, 0.2) is 39.5 Å². The highest BCUT2D eigenvalue weighted by atomic mass is 32.2. The van der Waals surface area contributed by atoms with Crippen LogP contribution >= 0.6 is 0 Å². The first kappa shape index (κ1) is 8.18. The maximum Gasteiger partial charge on any atom is 0.282 e. The van der Waals surface area contributed by atoms with Gasteiger partial charge < -0.3 is 0 Å². The van der Waals surface area contributed by atoms with Gasteiger partial charge in [-0.2, -0.15) is 12.8 Å². The number of nitrogens with zero attached hydrogens (tertiary/aromatic N) is 3. The Morgan fingerprint density at radius 2 is 2.00 bits per heavy atom. The molecule has 1 aliphatic heterocycles. The summed E-state index contributed by atoms with van der Waals surface area (Å²) in [6, 6.07) is 6.51. The van der Waals surface area contributed by atoms with E-state index in [0.29, 0.717) is 5.69 Å². The summed E-state index contributed by atoms with van der Waals surface area (Å²) in [5.74, 6) is 0. The summed E-state index contributed by atoms with van der Waals surface area (Å²) in [6.45, 7) is 0. The lowest BCUT2D eigenvalue weighted by Gasteiger charge is -2.17. The largest absolute Gasteiger partial charge is 0.282 e. The van der Waals surface area contributed by atoms with E-state index in [2.05, 4.69) is 10.3 Å². The van der Waals surface area contributed by atoms with Gasteiger partial charge in [0.1, 0.15) is 10.6 Å². The summed E-state index contributed by atoms with van der Waals surface area (Å²) in [6.07, 6.45) is 0. The molecule has 5 nitrogen and oxygen atoms in total. The fourth-order valence-corrected chi connectivity index (χ4v) is 2.10. The average molecular weight is 197 g/mol. The second-order valence-electron chi connectivity index (χ2n) is 2.60. The lowest BCUT2D eigenvalue weighted by Crippen LogP contribution is -2.23. The third kappa shape index (κ3) is 1.10. The standard InChI is InChI=1S/C7H7N3O2S/c1-10-9-8-6-4-2-3-5-7(6)13(10,11)12/h2-5H,1H3. The van der Waals surface area contributed by atoms with Crippen molar-refractivity contribution in [3.8, 4) is 0 Å². The first-order valence-corrected chi connectivity index (χ1v) is 5.06. The van der Waals surface area contributed by atoms with Gasteiger partial charge in [-0.25, -0.2) is 0 Å². The van der Waals surface area contributed by atoms with Gasteiger partial charge in [-0.15, -0.1) is 5.11 Å². The predicted molar refractivity (Wildman–Crippen MR) is 45.9 cm³/mol. The van der Waals surface area contributed by atoms with Gasteiger partial charge in [-0.1, -0.05) is 17.4 Å². The van der Waals surface area contributed by atoms with Gasteiger partial charge in [-0.3, -0.25) is 0 Å². The number of hydrogen-bond acceptors (Lipinski definition) is 4. The van der Waals surface area contributed by atoms with Crippen molar-refractivity contribution in [1.29, 1.82) is 0 Å². The molecule has 1 aromatic rings. The Labute approximate surface area is 75.7 Å².